The molecule has 0 aliphatic heterocycles. The van der Waals surface area contributed by atoms with Crippen molar-refractivity contribution in [1.29, 1.82) is 0 Å². The molecule has 3 amide bonds. The van der Waals surface area contributed by atoms with Crippen molar-refractivity contribution in [3.63, 3.8) is 0 Å². The highest BCUT2D eigenvalue weighted by molar-refractivity contribution is 6.39. The van der Waals surface area contributed by atoms with Crippen LogP contribution in [0.4, 0.5) is 15.8 Å². The molecule has 3 aromatic carbocycles. The standard InChI is InChI=1S/C24H20ClFN4O4/c1-15-5-8-19(12-21(15)25)28-22(31)14-34-20-4-2-3-16(11-20)13-27-30-24(33)23(32)29-18-9-6-17(26)7-10-18/h2-13H,14H2,1H3,(H,28,31)(H,29,32)(H,30,33)/b27-13-. The van der Waals surface area contributed by atoms with Crippen molar-refractivity contribution in [3.05, 3.63) is 88.7 Å². The molecule has 0 fully saturated rings. The van der Waals surface area contributed by atoms with Gasteiger partial charge in [-0.3, -0.25) is 14.4 Å². The molecular weight excluding hydrogens is 463 g/mol. The first kappa shape index (κ1) is 24.4. The normalized spacial score (nSPS) is 10.6. The Balaban J connectivity index is 1.48. The molecule has 3 rings (SSSR count). The van der Waals surface area contributed by atoms with Crippen molar-refractivity contribution >= 4 is 46.9 Å². The number of nitrogens with one attached hydrogen (secondary N) is 3. The highest BCUT2D eigenvalue weighted by Gasteiger charge is 2.12. The summed E-state index contributed by atoms with van der Waals surface area (Å²) in [4.78, 5) is 35.8. The van der Waals surface area contributed by atoms with Crippen LogP contribution in [0.15, 0.2) is 71.8 Å². The number of halogens is 2. The summed E-state index contributed by atoms with van der Waals surface area (Å²) in [5, 5.41) is 9.29. The van der Waals surface area contributed by atoms with E-state index >= 15 is 0 Å². The van der Waals surface area contributed by atoms with Gasteiger partial charge in [0.25, 0.3) is 5.91 Å². The van der Waals surface area contributed by atoms with Crippen LogP contribution < -0.4 is 20.8 Å². The predicted octanol–water partition coefficient (Wildman–Crippen LogP) is 3.89. The van der Waals surface area contributed by atoms with Gasteiger partial charge in [-0.1, -0.05) is 29.8 Å². The molecule has 34 heavy (non-hydrogen) atoms. The Morgan fingerprint density at radius 1 is 0.971 bits per heavy atom. The molecule has 0 unspecified atom stereocenters. The number of hydrazone groups is 1. The van der Waals surface area contributed by atoms with Crippen LogP contribution in [0.1, 0.15) is 11.1 Å². The monoisotopic (exact) mass is 482 g/mol. The molecule has 0 radical (unpaired) electrons. The molecule has 3 N–H and O–H groups in total. The van der Waals surface area contributed by atoms with E-state index in [0.717, 1.165) is 17.7 Å². The van der Waals surface area contributed by atoms with Crippen LogP contribution in [0.5, 0.6) is 5.75 Å². The highest BCUT2D eigenvalue weighted by Crippen LogP contribution is 2.20. The first-order chi connectivity index (χ1) is 16.3. The lowest BCUT2D eigenvalue weighted by atomic mass is 10.2. The molecule has 10 heteroatoms. The number of ether oxygens (including phenoxy) is 1. The van der Waals surface area contributed by atoms with Gasteiger partial charge in [0.15, 0.2) is 6.61 Å². The Morgan fingerprint density at radius 2 is 1.71 bits per heavy atom. The number of aryl methyl sites for hydroxylation is 1. The van der Waals surface area contributed by atoms with Gasteiger partial charge in [0.2, 0.25) is 0 Å². The molecule has 0 aliphatic carbocycles. The smallest absolute Gasteiger partial charge is 0.329 e. The van der Waals surface area contributed by atoms with Crippen LogP contribution >= 0.6 is 11.6 Å². The van der Waals surface area contributed by atoms with E-state index in [1.807, 2.05) is 6.92 Å². The average Bonchev–Trinajstić information content (AvgIpc) is 2.82. The third-order valence-electron chi connectivity index (χ3n) is 4.37. The molecule has 0 saturated heterocycles. The second-order valence-corrected chi connectivity index (χ2v) is 7.44. The topological polar surface area (TPSA) is 109 Å². The van der Waals surface area contributed by atoms with E-state index < -0.39 is 17.6 Å². The maximum absolute atomic E-state index is 12.9. The minimum atomic E-state index is -0.999. The lowest BCUT2D eigenvalue weighted by Crippen LogP contribution is -2.32. The largest absolute Gasteiger partial charge is 0.484 e. The maximum atomic E-state index is 12.9. The van der Waals surface area contributed by atoms with E-state index in [9.17, 15) is 18.8 Å². The summed E-state index contributed by atoms with van der Waals surface area (Å²) in [7, 11) is 0. The van der Waals surface area contributed by atoms with Crippen LogP contribution in [-0.2, 0) is 14.4 Å². The van der Waals surface area contributed by atoms with Gasteiger partial charge in [0.05, 0.1) is 6.21 Å². The van der Waals surface area contributed by atoms with E-state index in [2.05, 4.69) is 21.2 Å². The van der Waals surface area contributed by atoms with Gasteiger partial charge in [-0.25, -0.2) is 9.82 Å². The van der Waals surface area contributed by atoms with Crippen molar-refractivity contribution in [2.75, 3.05) is 17.2 Å². The van der Waals surface area contributed by atoms with Crippen LogP contribution in [0, 0.1) is 12.7 Å². The second kappa shape index (κ2) is 11.6. The zero-order chi connectivity index (χ0) is 24.5. The average molecular weight is 483 g/mol. The summed E-state index contributed by atoms with van der Waals surface area (Å²) in [6.45, 7) is 1.63. The van der Waals surface area contributed by atoms with Gasteiger partial charge >= 0.3 is 11.8 Å². The zero-order valence-corrected chi connectivity index (χ0v) is 18.7. The van der Waals surface area contributed by atoms with Gasteiger partial charge in [0.1, 0.15) is 11.6 Å². The summed E-state index contributed by atoms with van der Waals surface area (Å²) >= 11 is 6.05. The molecule has 0 saturated carbocycles. The molecule has 8 nitrogen and oxygen atoms in total. The fourth-order valence-corrected chi connectivity index (χ4v) is 2.82. The van der Waals surface area contributed by atoms with E-state index in [-0.39, 0.29) is 18.2 Å². The second-order valence-electron chi connectivity index (χ2n) is 7.03. The number of rotatable bonds is 7. The summed E-state index contributed by atoms with van der Waals surface area (Å²) in [6, 6.07) is 16.8. The van der Waals surface area contributed by atoms with Gasteiger partial charge in [-0.15, -0.1) is 0 Å². The summed E-state index contributed by atoms with van der Waals surface area (Å²) in [5.74, 6) is -2.38. The number of carbonyl (C=O) groups excluding carboxylic acids is 3. The number of hydrogen-bond donors (Lipinski definition) is 3. The van der Waals surface area contributed by atoms with Gasteiger partial charge in [-0.2, -0.15) is 5.10 Å². The van der Waals surface area contributed by atoms with Crippen LogP contribution in [0.2, 0.25) is 5.02 Å². The maximum Gasteiger partial charge on any atom is 0.329 e. The van der Waals surface area contributed by atoms with Crippen LogP contribution in [-0.4, -0.2) is 30.5 Å². The van der Waals surface area contributed by atoms with Gasteiger partial charge in [0, 0.05) is 16.4 Å². The SMILES string of the molecule is Cc1ccc(NC(=O)COc2cccc(/C=N\NC(=O)C(=O)Nc3ccc(F)cc3)c2)cc1Cl. The zero-order valence-electron chi connectivity index (χ0n) is 18.0. The van der Waals surface area contributed by atoms with E-state index in [4.69, 9.17) is 16.3 Å². The Kier molecular flexibility index (Phi) is 8.31. The molecule has 0 atom stereocenters. The van der Waals surface area contributed by atoms with E-state index in [1.165, 1.54) is 18.3 Å². The third-order valence-corrected chi connectivity index (χ3v) is 4.78. The predicted molar refractivity (Wildman–Crippen MR) is 128 cm³/mol. The first-order valence-corrected chi connectivity index (χ1v) is 10.4. The molecule has 0 aliphatic rings. The Labute approximate surface area is 199 Å². The highest BCUT2D eigenvalue weighted by atomic mass is 35.5. The third kappa shape index (κ3) is 7.42. The Hall–Kier alpha value is -4.24. The van der Waals surface area contributed by atoms with E-state index in [0.29, 0.717) is 22.0 Å². The van der Waals surface area contributed by atoms with Crippen molar-refractivity contribution in [2.45, 2.75) is 6.92 Å². The van der Waals surface area contributed by atoms with Crippen molar-refractivity contribution < 1.29 is 23.5 Å². The lowest BCUT2D eigenvalue weighted by Gasteiger charge is -2.09. The Morgan fingerprint density at radius 3 is 2.44 bits per heavy atom. The number of anilines is 2. The van der Waals surface area contributed by atoms with Crippen molar-refractivity contribution in [1.82, 2.24) is 5.43 Å². The molecule has 3 aromatic rings. The molecule has 174 valence electrons. The molecule has 0 aromatic heterocycles. The van der Waals surface area contributed by atoms with Gasteiger partial charge in [-0.05, 0) is 66.6 Å². The summed E-state index contributed by atoms with van der Waals surface area (Å²) in [6.07, 6.45) is 1.31. The van der Waals surface area contributed by atoms with Crippen molar-refractivity contribution in [3.8, 4) is 5.75 Å². The number of carbonyl (C=O) groups is 3. The molecule has 0 bridgehead atoms. The fourth-order valence-electron chi connectivity index (χ4n) is 2.64. The molecular formula is C24H20ClFN4O4. The number of hydrogen-bond acceptors (Lipinski definition) is 5. The summed E-state index contributed by atoms with van der Waals surface area (Å²) in [5.41, 5.74) is 4.38. The lowest BCUT2D eigenvalue weighted by molar-refractivity contribution is -0.136. The number of amides is 3. The number of benzene rings is 3. The number of nitrogens with zero attached hydrogens (tertiary/aromatic N) is 1. The minimum absolute atomic E-state index is 0.230. The summed E-state index contributed by atoms with van der Waals surface area (Å²) < 4.78 is 18.4. The molecule has 0 heterocycles. The van der Waals surface area contributed by atoms with Crippen LogP contribution in [0.3, 0.4) is 0 Å². The fraction of sp³-hybridized carbons (Fsp3) is 0.0833. The Bertz CT molecular complexity index is 1230. The quantitative estimate of drug-likeness (QED) is 0.269. The molecule has 0 spiro atoms. The van der Waals surface area contributed by atoms with Gasteiger partial charge < -0.3 is 15.4 Å². The minimum Gasteiger partial charge on any atom is -0.484 e. The van der Waals surface area contributed by atoms with Crippen molar-refractivity contribution in [2.24, 2.45) is 5.10 Å². The first-order valence-electron chi connectivity index (χ1n) is 9.99. The van der Waals surface area contributed by atoms with E-state index in [1.54, 1.807) is 42.5 Å². The van der Waals surface area contributed by atoms with Crippen LogP contribution in [0.25, 0.3) is 0 Å².